The zero-order chi connectivity index (χ0) is 10.7. The minimum atomic E-state index is -0.252. The highest BCUT2D eigenvalue weighted by atomic mass is 32.2. The summed E-state index contributed by atoms with van der Waals surface area (Å²) >= 11 is 3.81. The third kappa shape index (κ3) is 3.20. The number of nitrogens with zero attached hydrogens (tertiary/aromatic N) is 1. The Morgan fingerprint density at radius 2 is 2.47 bits per heavy atom. The van der Waals surface area contributed by atoms with E-state index < -0.39 is 0 Å². The van der Waals surface area contributed by atoms with Gasteiger partial charge >= 0.3 is 0 Å². The van der Waals surface area contributed by atoms with Crippen molar-refractivity contribution < 1.29 is 5.11 Å². The molecule has 2 heterocycles. The molecule has 0 saturated carbocycles. The zero-order valence-electron chi connectivity index (χ0n) is 8.98. The van der Waals surface area contributed by atoms with Crippen LogP contribution in [0, 0.1) is 0 Å². The maximum absolute atomic E-state index is 9.30. The molecule has 0 aromatic carbocycles. The molecule has 1 aromatic rings. The molecule has 4 heteroatoms. The summed E-state index contributed by atoms with van der Waals surface area (Å²) in [6.45, 7) is 1.83. The molecule has 1 aliphatic rings. The molecule has 15 heavy (non-hydrogen) atoms. The van der Waals surface area contributed by atoms with Gasteiger partial charge in [0.15, 0.2) is 0 Å². The van der Waals surface area contributed by atoms with E-state index in [1.807, 2.05) is 24.9 Å². The van der Waals surface area contributed by atoms with Gasteiger partial charge in [0.1, 0.15) is 5.01 Å². The second kappa shape index (κ2) is 5.32. The van der Waals surface area contributed by atoms with Gasteiger partial charge in [-0.05, 0) is 25.5 Å². The summed E-state index contributed by atoms with van der Waals surface area (Å²) in [5.74, 6) is 1.27. The predicted octanol–water partition coefficient (Wildman–Crippen LogP) is 3.02. The number of aliphatic hydroxyl groups excluding tert-OH is 1. The van der Waals surface area contributed by atoms with Gasteiger partial charge in [-0.2, -0.15) is 11.8 Å². The second-order valence-corrected chi connectivity index (χ2v) is 6.53. The maximum Gasteiger partial charge on any atom is 0.106 e. The third-order valence-electron chi connectivity index (χ3n) is 2.52. The molecule has 2 nitrogen and oxygen atoms in total. The predicted molar refractivity (Wildman–Crippen MR) is 66.5 cm³/mol. The summed E-state index contributed by atoms with van der Waals surface area (Å²) in [5.41, 5.74) is 0. The smallest absolute Gasteiger partial charge is 0.106 e. The normalized spacial score (nSPS) is 24.0. The van der Waals surface area contributed by atoms with Crippen molar-refractivity contribution in [3.05, 3.63) is 16.1 Å². The van der Waals surface area contributed by atoms with Crippen molar-refractivity contribution in [2.45, 2.75) is 44.0 Å². The van der Waals surface area contributed by atoms with Crippen molar-refractivity contribution in [2.24, 2.45) is 0 Å². The molecule has 0 spiro atoms. The number of thioether (sulfide) groups is 1. The zero-order valence-corrected chi connectivity index (χ0v) is 10.6. The Morgan fingerprint density at radius 1 is 1.60 bits per heavy atom. The van der Waals surface area contributed by atoms with Crippen LogP contribution in [0.15, 0.2) is 6.20 Å². The van der Waals surface area contributed by atoms with E-state index in [2.05, 4.69) is 4.98 Å². The molecule has 2 unspecified atom stereocenters. The first-order valence-corrected chi connectivity index (χ1v) is 7.36. The van der Waals surface area contributed by atoms with E-state index in [1.165, 1.54) is 34.9 Å². The Morgan fingerprint density at radius 3 is 3.13 bits per heavy atom. The van der Waals surface area contributed by atoms with Gasteiger partial charge in [-0.1, -0.05) is 6.42 Å². The number of aliphatic hydroxyl groups is 1. The van der Waals surface area contributed by atoms with Crippen LogP contribution >= 0.6 is 23.1 Å². The van der Waals surface area contributed by atoms with Crippen molar-refractivity contribution in [1.82, 2.24) is 4.98 Å². The van der Waals surface area contributed by atoms with Gasteiger partial charge in [0.05, 0.1) is 11.4 Å². The summed E-state index contributed by atoms with van der Waals surface area (Å²) in [6, 6.07) is 0. The first-order valence-electron chi connectivity index (χ1n) is 5.50. The summed E-state index contributed by atoms with van der Waals surface area (Å²) in [4.78, 5) is 5.69. The fraction of sp³-hybridized carbons (Fsp3) is 0.727. The first kappa shape index (κ1) is 11.4. The topological polar surface area (TPSA) is 33.1 Å². The van der Waals surface area contributed by atoms with Gasteiger partial charge in [0, 0.05) is 17.5 Å². The lowest BCUT2D eigenvalue weighted by Gasteiger charge is -2.18. The Bertz CT molecular complexity index is 305. The minimum Gasteiger partial charge on any atom is -0.393 e. The molecule has 2 atom stereocenters. The van der Waals surface area contributed by atoms with E-state index in [1.54, 1.807) is 11.3 Å². The van der Waals surface area contributed by atoms with Crippen LogP contribution in [0.2, 0.25) is 0 Å². The Hall–Kier alpha value is -0.0600. The average Bonchev–Trinajstić information content (AvgIpc) is 2.67. The largest absolute Gasteiger partial charge is 0.393 e. The number of aromatic nitrogens is 1. The summed E-state index contributed by atoms with van der Waals surface area (Å²) < 4.78 is 0. The molecule has 1 aromatic heterocycles. The standard InChI is InChI=1S/C11H17NOS2/c1-8(13)6-9-7-12-11(15-9)10-4-2-3-5-14-10/h7-8,10,13H,2-6H2,1H3. The SMILES string of the molecule is CC(O)Cc1cnc(C2CCCCS2)s1. The van der Waals surface area contributed by atoms with E-state index in [-0.39, 0.29) is 6.10 Å². The molecule has 0 radical (unpaired) electrons. The van der Waals surface area contributed by atoms with Crippen LogP contribution in [-0.2, 0) is 6.42 Å². The molecule has 1 saturated heterocycles. The van der Waals surface area contributed by atoms with Gasteiger partial charge < -0.3 is 5.11 Å². The van der Waals surface area contributed by atoms with Crippen LogP contribution in [0.5, 0.6) is 0 Å². The van der Waals surface area contributed by atoms with Crippen LogP contribution < -0.4 is 0 Å². The lowest BCUT2D eigenvalue weighted by atomic mass is 10.2. The fourth-order valence-electron chi connectivity index (χ4n) is 1.79. The second-order valence-electron chi connectivity index (χ2n) is 4.07. The lowest BCUT2D eigenvalue weighted by Crippen LogP contribution is -2.02. The van der Waals surface area contributed by atoms with E-state index in [4.69, 9.17) is 0 Å². The van der Waals surface area contributed by atoms with Gasteiger partial charge in [-0.25, -0.2) is 4.98 Å². The van der Waals surface area contributed by atoms with E-state index in [9.17, 15) is 5.11 Å². The van der Waals surface area contributed by atoms with Crippen LogP contribution in [0.4, 0.5) is 0 Å². The maximum atomic E-state index is 9.30. The number of rotatable bonds is 3. The van der Waals surface area contributed by atoms with E-state index >= 15 is 0 Å². The van der Waals surface area contributed by atoms with Crippen LogP contribution in [-0.4, -0.2) is 21.9 Å². The molecular weight excluding hydrogens is 226 g/mol. The highest BCUT2D eigenvalue weighted by Gasteiger charge is 2.19. The Labute approximate surface area is 99.1 Å². The molecule has 0 bridgehead atoms. The monoisotopic (exact) mass is 243 g/mol. The molecule has 84 valence electrons. The van der Waals surface area contributed by atoms with Crippen LogP contribution in [0.3, 0.4) is 0 Å². The Balaban J connectivity index is 1.99. The lowest BCUT2D eigenvalue weighted by molar-refractivity contribution is 0.196. The number of hydrogen-bond acceptors (Lipinski definition) is 4. The van der Waals surface area contributed by atoms with Crippen molar-refractivity contribution in [3.8, 4) is 0 Å². The quantitative estimate of drug-likeness (QED) is 0.886. The number of hydrogen-bond donors (Lipinski definition) is 1. The molecule has 0 amide bonds. The van der Waals surface area contributed by atoms with Crippen molar-refractivity contribution in [1.29, 1.82) is 0 Å². The summed E-state index contributed by atoms with van der Waals surface area (Å²) in [5, 5.41) is 11.2. The molecular formula is C11H17NOS2. The van der Waals surface area contributed by atoms with E-state index in [0.29, 0.717) is 5.25 Å². The van der Waals surface area contributed by atoms with Crippen LogP contribution in [0.1, 0.15) is 41.3 Å². The molecule has 1 aliphatic heterocycles. The first-order chi connectivity index (χ1) is 7.25. The molecule has 0 aliphatic carbocycles. The molecule has 2 rings (SSSR count). The highest BCUT2D eigenvalue weighted by Crippen LogP contribution is 2.39. The van der Waals surface area contributed by atoms with Crippen LogP contribution in [0.25, 0.3) is 0 Å². The summed E-state index contributed by atoms with van der Waals surface area (Å²) in [6.07, 6.45) is 6.39. The van der Waals surface area contributed by atoms with Gasteiger partial charge in [0.2, 0.25) is 0 Å². The highest BCUT2D eigenvalue weighted by molar-refractivity contribution is 7.99. The molecule has 1 fully saturated rings. The van der Waals surface area contributed by atoms with E-state index in [0.717, 1.165) is 6.42 Å². The average molecular weight is 243 g/mol. The van der Waals surface area contributed by atoms with Gasteiger partial charge in [0.25, 0.3) is 0 Å². The van der Waals surface area contributed by atoms with Gasteiger partial charge in [-0.3, -0.25) is 0 Å². The van der Waals surface area contributed by atoms with Crippen molar-refractivity contribution >= 4 is 23.1 Å². The van der Waals surface area contributed by atoms with Crippen molar-refractivity contribution in [2.75, 3.05) is 5.75 Å². The third-order valence-corrected chi connectivity index (χ3v) is 5.19. The Kier molecular flexibility index (Phi) is 4.05. The summed E-state index contributed by atoms with van der Waals surface area (Å²) in [7, 11) is 0. The number of thiazole rings is 1. The van der Waals surface area contributed by atoms with Gasteiger partial charge in [-0.15, -0.1) is 11.3 Å². The fourth-order valence-corrected chi connectivity index (χ4v) is 4.39. The molecule has 1 N–H and O–H groups in total. The van der Waals surface area contributed by atoms with Crippen molar-refractivity contribution in [3.63, 3.8) is 0 Å². The minimum absolute atomic E-state index is 0.252.